The molecular formula is C22H16BrF30NO3. The molecule has 35 heteroatoms. The zero-order chi connectivity index (χ0) is 46.2. The maximum absolute atomic E-state index is 14.3. The van der Waals surface area contributed by atoms with Crippen LogP contribution >= 0.6 is 0 Å². The van der Waals surface area contributed by atoms with E-state index < -0.39 is 126 Å². The molecule has 1 atom stereocenters. The van der Waals surface area contributed by atoms with E-state index in [1.165, 1.54) is 0 Å². The fourth-order valence-electron chi connectivity index (χ4n) is 3.68. The van der Waals surface area contributed by atoms with Crippen molar-refractivity contribution in [2.75, 3.05) is 33.8 Å². The summed E-state index contributed by atoms with van der Waals surface area (Å²) in [6.07, 6.45) is -23.9. The van der Waals surface area contributed by atoms with Crippen LogP contribution in [0.4, 0.5) is 132 Å². The molecule has 0 fully saturated rings. The van der Waals surface area contributed by atoms with Crippen LogP contribution in [-0.4, -0.2) is 139 Å². The number of hydrogen-bond acceptors (Lipinski definition) is 3. The van der Waals surface area contributed by atoms with Gasteiger partial charge in [-0.2, -0.15) is 132 Å². The van der Waals surface area contributed by atoms with E-state index in [1.54, 1.807) is 0 Å². The summed E-state index contributed by atoms with van der Waals surface area (Å²) in [4.78, 5) is 11.8. The first-order chi connectivity index (χ1) is 23.7. The van der Waals surface area contributed by atoms with E-state index in [0.717, 1.165) is 0 Å². The van der Waals surface area contributed by atoms with Gasteiger partial charge in [-0.15, -0.1) is 0 Å². The zero-order valence-corrected chi connectivity index (χ0v) is 27.9. The van der Waals surface area contributed by atoms with Gasteiger partial charge in [-0.3, -0.25) is 0 Å². The highest BCUT2D eigenvalue weighted by molar-refractivity contribution is 5.70. The van der Waals surface area contributed by atoms with Crippen molar-refractivity contribution in [3.63, 3.8) is 0 Å². The molecular weight excluding hydrogens is 976 g/mol. The maximum Gasteiger partial charge on any atom is 0.460 e. The number of aliphatic hydroxyl groups excluding tert-OH is 1. The largest absolute Gasteiger partial charge is 1.00 e. The summed E-state index contributed by atoms with van der Waals surface area (Å²) in [5.74, 6) is -102. The van der Waals surface area contributed by atoms with E-state index in [0.29, 0.717) is 0 Å². The molecule has 0 amide bonds. The Morgan fingerprint density at radius 3 is 1.04 bits per heavy atom. The summed E-state index contributed by atoms with van der Waals surface area (Å²) in [5, 5.41) is 9.39. The summed E-state index contributed by atoms with van der Waals surface area (Å²) in [7, 11) is 0.233. The Kier molecular flexibility index (Phi) is 15.3. The number of rotatable bonds is 18. The second kappa shape index (κ2) is 15.3. The number of carbonyl (C=O) groups is 1. The van der Waals surface area contributed by atoms with Crippen LogP contribution in [0.15, 0.2) is 0 Å². The van der Waals surface area contributed by atoms with Gasteiger partial charge in [0.1, 0.15) is 6.54 Å². The average Bonchev–Trinajstić information content (AvgIpc) is 2.94. The lowest BCUT2D eigenvalue weighted by Crippen LogP contribution is -3.00. The number of nitrogens with zero attached hydrogens (tertiary/aromatic N) is 1. The Morgan fingerprint density at radius 1 is 0.474 bits per heavy atom. The van der Waals surface area contributed by atoms with Crippen molar-refractivity contribution in [2.45, 2.75) is 95.9 Å². The van der Waals surface area contributed by atoms with Crippen molar-refractivity contribution < 1.29 is 168 Å². The molecule has 0 rings (SSSR count). The van der Waals surface area contributed by atoms with Crippen LogP contribution in [0.1, 0.15) is 6.42 Å². The number of alkyl halides is 30. The second-order valence-electron chi connectivity index (χ2n) is 11.8. The SMILES string of the molecule is C[N+](C)(CC(=O)OCCC(F)(F)C(F)(F)C(F)(F)C(F)(F)C(F)(F)C(F)(F)F)CC(O)C(F)(F)C(F)(F)C(F)(F)C(F)(F)C(F)(F)C(F)(F)C(F)(F)C(F)(F)F.[Br-]. The summed E-state index contributed by atoms with van der Waals surface area (Å²) < 4.78 is 400. The first-order valence-corrected chi connectivity index (χ1v) is 13.1. The van der Waals surface area contributed by atoms with Crippen LogP contribution in [0.3, 0.4) is 0 Å². The number of esters is 1. The van der Waals surface area contributed by atoms with Gasteiger partial charge in [0.25, 0.3) is 0 Å². The minimum atomic E-state index is -9.04. The maximum atomic E-state index is 14.3. The number of likely N-dealkylation sites (N-methyl/N-ethyl adjacent to an activating group) is 1. The van der Waals surface area contributed by atoms with Crippen molar-refractivity contribution in [3.05, 3.63) is 0 Å². The number of carbonyl (C=O) groups excluding carboxylic acids is 1. The molecule has 0 aliphatic carbocycles. The van der Waals surface area contributed by atoms with Crippen molar-refractivity contribution in [1.29, 1.82) is 0 Å². The summed E-state index contributed by atoms with van der Waals surface area (Å²) in [6, 6.07) is 0. The Morgan fingerprint density at radius 2 is 0.737 bits per heavy atom. The predicted octanol–water partition coefficient (Wildman–Crippen LogP) is 6.11. The Balaban J connectivity index is 0. The summed E-state index contributed by atoms with van der Waals surface area (Å²) in [6.45, 7) is -7.14. The van der Waals surface area contributed by atoms with Gasteiger partial charge in [0.15, 0.2) is 12.6 Å². The fraction of sp³-hybridized carbons (Fsp3) is 0.955. The standard InChI is InChI=1S/C22H16F30NO3.BrH/c1-53(2,6-8(55)56-4-3-9(23,24)11(27,28)13(31,32)17(39,40)19(43,44)21(47,48)49)5-7(54)10(25,26)12(29,30)14(33,34)15(35,36)16(37,38)18(41,42)20(45,46)22(50,51)52;/h7,54H,3-6H2,1-2H3;1H/q+1;/p-1. The van der Waals surface area contributed by atoms with Crippen molar-refractivity contribution in [1.82, 2.24) is 0 Å². The van der Waals surface area contributed by atoms with Gasteiger partial charge in [0.2, 0.25) is 0 Å². The van der Waals surface area contributed by atoms with E-state index >= 15 is 0 Å². The van der Waals surface area contributed by atoms with Crippen LogP contribution < -0.4 is 17.0 Å². The Bertz CT molecular complexity index is 1400. The molecule has 57 heavy (non-hydrogen) atoms. The van der Waals surface area contributed by atoms with E-state index in [2.05, 4.69) is 4.74 Å². The lowest BCUT2D eigenvalue weighted by molar-refractivity contribution is -0.887. The first-order valence-electron chi connectivity index (χ1n) is 13.1. The highest BCUT2D eigenvalue weighted by atomic mass is 79.9. The van der Waals surface area contributed by atoms with Crippen molar-refractivity contribution in [2.24, 2.45) is 0 Å². The minimum Gasteiger partial charge on any atom is -1.00 e. The fourth-order valence-corrected chi connectivity index (χ4v) is 3.68. The number of halogens is 31. The third-order valence-electron chi connectivity index (χ3n) is 7.07. The van der Waals surface area contributed by atoms with Crippen molar-refractivity contribution in [3.8, 4) is 0 Å². The lowest BCUT2D eigenvalue weighted by atomic mass is 9.87. The molecule has 0 aliphatic heterocycles. The van der Waals surface area contributed by atoms with Gasteiger partial charge >= 0.3 is 89.4 Å². The first kappa shape index (κ1) is 56.9. The average molecular weight is 992 g/mol. The molecule has 4 nitrogen and oxygen atoms in total. The number of quaternary nitrogens is 1. The number of aliphatic hydroxyl groups is 1. The van der Waals surface area contributed by atoms with Gasteiger partial charge < -0.3 is 31.3 Å². The van der Waals surface area contributed by atoms with Gasteiger partial charge in [-0.25, -0.2) is 4.79 Å². The van der Waals surface area contributed by atoms with Gasteiger partial charge in [-0.1, -0.05) is 0 Å². The molecule has 0 heterocycles. The lowest BCUT2D eigenvalue weighted by Gasteiger charge is -2.43. The van der Waals surface area contributed by atoms with E-state index in [4.69, 9.17) is 0 Å². The number of hydrogen-bond donors (Lipinski definition) is 1. The molecule has 0 aromatic heterocycles. The molecule has 0 saturated carbocycles. The smallest absolute Gasteiger partial charge is 0.460 e. The summed E-state index contributed by atoms with van der Waals surface area (Å²) >= 11 is 0. The predicted molar refractivity (Wildman–Crippen MR) is 115 cm³/mol. The summed E-state index contributed by atoms with van der Waals surface area (Å²) in [5.41, 5.74) is 0. The van der Waals surface area contributed by atoms with Crippen LogP contribution in [-0.2, 0) is 9.53 Å². The van der Waals surface area contributed by atoms with E-state index in [-0.39, 0.29) is 31.1 Å². The molecule has 0 aromatic carbocycles. The normalized spacial score (nSPS) is 16.6. The molecule has 0 aromatic rings. The topological polar surface area (TPSA) is 46.5 Å². The monoisotopic (exact) mass is 991 g/mol. The molecule has 0 spiro atoms. The van der Waals surface area contributed by atoms with Crippen LogP contribution in [0, 0.1) is 0 Å². The second-order valence-corrected chi connectivity index (χ2v) is 11.8. The van der Waals surface area contributed by atoms with E-state index in [9.17, 15) is 142 Å². The number of ether oxygens (including phenoxy) is 1. The third-order valence-corrected chi connectivity index (χ3v) is 7.07. The molecule has 1 unspecified atom stereocenters. The molecule has 0 aliphatic rings. The molecule has 0 bridgehead atoms. The van der Waals surface area contributed by atoms with Gasteiger partial charge in [0, 0.05) is 0 Å². The highest BCUT2D eigenvalue weighted by Gasteiger charge is 2.96. The third kappa shape index (κ3) is 8.69. The van der Waals surface area contributed by atoms with Gasteiger partial charge in [0.05, 0.1) is 27.1 Å². The Labute approximate surface area is 304 Å². The highest BCUT2D eigenvalue weighted by Crippen LogP contribution is 2.65. The van der Waals surface area contributed by atoms with E-state index in [1.807, 2.05) is 0 Å². The molecule has 344 valence electrons. The zero-order valence-electron chi connectivity index (χ0n) is 26.3. The molecule has 0 radical (unpaired) electrons. The molecule has 0 saturated heterocycles. The van der Waals surface area contributed by atoms with Crippen LogP contribution in [0.5, 0.6) is 0 Å². The van der Waals surface area contributed by atoms with Crippen molar-refractivity contribution >= 4 is 5.97 Å². The Hall–Kier alpha value is -2.23. The minimum absolute atomic E-state index is 0. The quantitative estimate of drug-likeness (QED) is 0.103. The molecule has 1 N–H and O–H groups in total. The van der Waals surface area contributed by atoms with Crippen LogP contribution in [0.25, 0.3) is 0 Å². The van der Waals surface area contributed by atoms with Crippen LogP contribution in [0.2, 0.25) is 0 Å². The van der Waals surface area contributed by atoms with Gasteiger partial charge in [-0.05, 0) is 0 Å².